The van der Waals surface area contributed by atoms with E-state index in [-0.39, 0.29) is 5.82 Å². The van der Waals surface area contributed by atoms with Crippen molar-refractivity contribution >= 4 is 15.9 Å². The van der Waals surface area contributed by atoms with E-state index in [1.54, 1.807) is 6.07 Å². The van der Waals surface area contributed by atoms with Gasteiger partial charge in [-0.05, 0) is 54.0 Å². The summed E-state index contributed by atoms with van der Waals surface area (Å²) in [6.45, 7) is 9.29. The van der Waals surface area contributed by atoms with E-state index in [9.17, 15) is 4.39 Å². The highest BCUT2D eigenvalue weighted by molar-refractivity contribution is 9.10. The molecule has 1 aliphatic rings. The topological polar surface area (TPSA) is 12.0 Å². The van der Waals surface area contributed by atoms with Crippen molar-refractivity contribution in [1.29, 1.82) is 0 Å². The molecule has 19 heavy (non-hydrogen) atoms. The lowest BCUT2D eigenvalue weighted by molar-refractivity contribution is 0.420. The summed E-state index contributed by atoms with van der Waals surface area (Å²) in [4.78, 5) is 0. The van der Waals surface area contributed by atoms with Crippen LogP contribution in [0.5, 0.6) is 0 Å². The van der Waals surface area contributed by atoms with Crippen LogP contribution in [-0.2, 0) is 6.42 Å². The van der Waals surface area contributed by atoms with Crippen molar-refractivity contribution in [3.8, 4) is 0 Å². The minimum atomic E-state index is -0.173. The van der Waals surface area contributed by atoms with Crippen molar-refractivity contribution in [2.45, 2.75) is 40.2 Å². The Kier molecular flexibility index (Phi) is 3.83. The molecule has 0 heterocycles. The van der Waals surface area contributed by atoms with Crippen LogP contribution < -0.4 is 5.32 Å². The summed E-state index contributed by atoms with van der Waals surface area (Å²) in [5, 5.41) is 3.42. The van der Waals surface area contributed by atoms with Gasteiger partial charge in [0.1, 0.15) is 5.82 Å². The molecule has 3 heteroatoms. The molecular formula is C16H23BrFN. The Morgan fingerprint density at radius 1 is 1.21 bits per heavy atom. The van der Waals surface area contributed by atoms with Crippen LogP contribution in [0, 0.1) is 22.6 Å². The number of rotatable bonds is 4. The fourth-order valence-electron chi connectivity index (χ4n) is 3.62. The second-order valence-corrected chi connectivity index (χ2v) is 7.71. The molecule has 1 nitrogen and oxygen atoms in total. The molecule has 0 aliphatic heterocycles. The molecular weight excluding hydrogens is 305 g/mol. The van der Waals surface area contributed by atoms with Gasteiger partial charge in [0.15, 0.2) is 0 Å². The van der Waals surface area contributed by atoms with Crippen LogP contribution in [0.25, 0.3) is 0 Å². The van der Waals surface area contributed by atoms with E-state index in [0.29, 0.717) is 22.8 Å². The fraction of sp³-hybridized carbons (Fsp3) is 0.625. The maximum atomic E-state index is 13.5. The summed E-state index contributed by atoms with van der Waals surface area (Å²) in [5.74, 6) is 0.445. The number of likely N-dealkylation sites (N-methyl/N-ethyl adjacent to an activating group) is 1. The Morgan fingerprint density at radius 3 is 2.21 bits per heavy atom. The summed E-state index contributed by atoms with van der Waals surface area (Å²) in [7, 11) is 2.00. The van der Waals surface area contributed by atoms with Crippen LogP contribution in [0.1, 0.15) is 33.3 Å². The maximum Gasteiger partial charge on any atom is 0.124 e. The highest BCUT2D eigenvalue weighted by Crippen LogP contribution is 2.69. The second-order valence-electron chi connectivity index (χ2n) is 6.80. The van der Waals surface area contributed by atoms with Crippen LogP contribution in [0.15, 0.2) is 22.7 Å². The average molecular weight is 328 g/mol. The van der Waals surface area contributed by atoms with Crippen molar-refractivity contribution in [2.75, 3.05) is 7.05 Å². The van der Waals surface area contributed by atoms with Gasteiger partial charge in [-0.3, -0.25) is 0 Å². The lowest BCUT2D eigenvalue weighted by Gasteiger charge is -2.19. The summed E-state index contributed by atoms with van der Waals surface area (Å²) >= 11 is 3.36. The lowest BCUT2D eigenvalue weighted by atomic mass is 9.97. The zero-order valence-corrected chi connectivity index (χ0v) is 13.9. The molecule has 0 amide bonds. The van der Waals surface area contributed by atoms with Gasteiger partial charge < -0.3 is 5.32 Å². The Bertz CT molecular complexity index is 447. The minimum Gasteiger partial charge on any atom is -0.316 e. The molecule has 106 valence electrons. The van der Waals surface area contributed by atoms with E-state index in [2.05, 4.69) is 48.9 Å². The third-order valence-corrected chi connectivity index (χ3v) is 5.74. The molecule has 1 atom stereocenters. The molecule has 0 saturated heterocycles. The van der Waals surface area contributed by atoms with Crippen molar-refractivity contribution in [1.82, 2.24) is 5.32 Å². The largest absolute Gasteiger partial charge is 0.316 e. The molecule has 1 aromatic carbocycles. The van der Waals surface area contributed by atoms with Gasteiger partial charge in [0.05, 0.1) is 0 Å². The lowest BCUT2D eigenvalue weighted by Crippen LogP contribution is -2.32. The Balaban J connectivity index is 2.17. The first kappa shape index (κ1) is 15.0. The second kappa shape index (κ2) is 4.85. The highest BCUT2D eigenvalue weighted by atomic mass is 79.9. The van der Waals surface area contributed by atoms with E-state index in [1.165, 1.54) is 6.07 Å². The normalized spacial score (nSPS) is 22.3. The number of hydrogen-bond acceptors (Lipinski definition) is 1. The monoisotopic (exact) mass is 327 g/mol. The first-order chi connectivity index (χ1) is 8.70. The Morgan fingerprint density at radius 2 is 1.79 bits per heavy atom. The molecule has 0 aromatic heterocycles. The van der Waals surface area contributed by atoms with Crippen LogP contribution >= 0.6 is 15.9 Å². The van der Waals surface area contributed by atoms with Gasteiger partial charge in [-0.1, -0.05) is 43.6 Å². The Hall–Kier alpha value is -0.410. The molecule has 2 rings (SSSR count). The zero-order chi connectivity index (χ0) is 14.4. The first-order valence-corrected chi connectivity index (χ1v) is 7.61. The summed E-state index contributed by atoms with van der Waals surface area (Å²) < 4.78 is 14.3. The summed E-state index contributed by atoms with van der Waals surface area (Å²) in [6, 6.07) is 5.54. The van der Waals surface area contributed by atoms with Gasteiger partial charge in [0.25, 0.3) is 0 Å². The predicted octanol–water partition coefficient (Wildman–Crippen LogP) is 4.40. The third kappa shape index (κ3) is 2.59. The zero-order valence-electron chi connectivity index (χ0n) is 12.3. The van der Waals surface area contributed by atoms with Crippen LogP contribution in [0.2, 0.25) is 0 Å². The van der Waals surface area contributed by atoms with Crippen LogP contribution in [-0.4, -0.2) is 13.1 Å². The van der Waals surface area contributed by atoms with E-state index in [4.69, 9.17) is 0 Å². The first-order valence-electron chi connectivity index (χ1n) is 6.82. The molecule has 1 aromatic rings. The molecule has 1 N–H and O–H groups in total. The highest BCUT2D eigenvalue weighted by Gasteiger charge is 2.66. The van der Waals surface area contributed by atoms with E-state index < -0.39 is 0 Å². The van der Waals surface area contributed by atoms with Gasteiger partial charge in [0.2, 0.25) is 0 Å². The maximum absolute atomic E-state index is 13.5. The average Bonchev–Trinajstić information content (AvgIpc) is 2.65. The summed E-state index contributed by atoms with van der Waals surface area (Å²) in [6.07, 6.45) is 0.865. The summed E-state index contributed by atoms with van der Waals surface area (Å²) in [5.41, 5.74) is 1.72. The fourth-order valence-corrected chi connectivity index (χ4v) is 4.14. The van der Waals surface area contributed by atoms with Gasteiger partial charge in [-0.15, -0.1) is 0 Å². The van der Waals surface area contributed by atoms with Gasteiger partial charge >= 0.3 is 0 Å². The molecule has 1 fully saturated rings. The van der Waals surface area contributed by atoms with Crippen LogP contribution in [0.4, 0.5) is 4.39 Å². The molecule has 1 aliphatic carbocycles. The smallest absolute Gasteiger partial charge is 0.124 e. The standard InChI is InChI=1S/C16H23BrFN/c1-15(2)14(16(15,3)4)13(19-5)8-10-6-11(17)9-12(18)7-10/h6-7,9,13-14,19H,8H2,1-5H3. The Labute approximate surface area is 124 Å². The molecule has 0 bridgehead atoms. The number of hydrogen-bond donors (Lipinski definition) is 1. The van der Waals surface area contributed by atoms with E-state index in [1.807, 2.05) is 13.1 Å². The SMILES string of the molecule is CNC(Cc1cc(F)cc(Br)c1)C1C(C)(C)C1(C)C. The van der Waals surface area contributed by atoms with Gasteiger partial charge in [-0.2, -0.15) is 0 Å². The minimum absolute atomic E-state index is 0.173. The van der Waals surface area contributed by atoms with Crippen molar-refractivity contribution in [3.63, 3.8) is 0 Å². The van der Waals surface area contributed by atoms with Gasteiger partial charge in [-0.25, -0.2) is 4.39 Å². The predicted molar refractivity (Wildman–Crippen MR) is 81.7 cm³/mol. The van der Waals surface area contributed by atoms with Crippen LogP contribution in [0.3, 0.4) is 0 Å². The van der Waals surface area contributed by atoms with E-state index >= 15 is 0 Å². The third-order valence-electron chi connectivity index (χ3n) is 5.28. The van der Waals surface area contributed by atoms with Crippen molar-refractivity contribution in [2.24, 2.45) is 16.7 Å². The van der Waals surface area contributed by atoms with E-state index in [0.717, 1.165) is 16.5 Å². The molecule has 0 radical (unpaired) electrons. The quantitative estimate of drug-likeness (QED) is 0.864. The number of benzene rings is 1. The number of halogens is 2. The molecule has 1 unspecified atom stereocenters. The number of nitrogens with one attached hydrogen (secondary N) is 1. The van der Waals surface area contributed by atoms with Gasteiger partial charge in [0, 0.05) is 10.5 Å². The van der Waals surface area contributed by atoms with Crippen molar-refractivity contribution < 1.29 is 4.39 Å². The molecule has 1 saturated carbocycles. The molecule has 0 spiro atoms. The van der Waals surface area contributed by atoms with Crippen molar-refractivity contribution in [3.05, 3.63) is 34.1 Å².